The Hall–Kier alpha value is -1.81. The number of rotatable bonds is 9. The van der Waals surface area contributed by atoms with E-state index in [0.29, 0.717) is 12.5 Å². The van der Waals surface area contributed by atoms with E-state index < -0.39 is 18.3 Å². The Balaban J connectivity index is 1.16. The van der Waals surface area contributed by atoms with Gasteiger partial charge in [0, 0.05) is 55.9 Å². The first-order chi connectivity index (χ1) is 26.5. The topological polar surface area (TPSA) is 124 Å². The summed E-state index contributed by atoms with van der Waals surface area (Å²) < 4.78 is 50.0. The molecule has 0 N–H and O–H groups in total. The lowest BCUT2D eigenvalue weighted by Crippen LogP contribution is -2.59. The first-order valence-corrected chi connectivity index (χ1v) is 21.6. The molecular formula is C42H64N2O10S. The van der Waals surface area contributed by atoms with E-state index in [4.69, 9.17) is 42.9 Å². The molecular weight excluding hydrogens is 725 g/mol. The lowest BCUT2D eigenvalue weighted by Gasteiger charge is -2.44. The van der Waals surface area contributed by atoms with Crippen LogP contribution in [0, 0.1) is 23.7 Å². The average molecular weight is 789 g/mol. The van der Waals surface area contributed by atoms with Crippen molar-refractivity contribution in [1.29, 1.82) is 0 Å². The fraction of sp³-hybridized carbons (Fsp3) is 0.833. The van der Waals surface area contributed by atoms with Crippen LogP contribution < -0.4 is 0 Å². The minimum absolute atomic E-state index is 0.0246. The van der Waals surface area contributed by atoms with E-state index in [1.165, 1.54) is 4.88 Å². The molecule has 1 aromatic heterocycles. The lowest BCUT2D eigenvalue weighted by molar-refractivity contribution is -0.314. The van der Waals surface area contributed by atoms with Gasteiger partial charge in [0.05, 0.1) is 42.0 Å². The third kappa shape index (κ3) is 8.13. The molecule has 13 heteroatoms. The number of aromatic nitrogens is 1. The standard InChI is InChI=1S/C42H64N2O10S/c1-10-24-12-11-13-32(54-34-15-14-31(44(5)6)22(3)50-34)21(2)37(46)29-18-27-26-16-25(53-42-40(49-9)39(48-8)38(47-7)23(4)51-42)17-30(26)41-36(43-20-55-41)35(27)28(29)19-33(45)52-24/h18,20-28,30-32,34-35,38-40,42H,10-17,19H2,1-9H3/t21-,22?,23?,24+,25+,26+,27+,28-,30-,31+,32+,34+,35-,38+,39?,40+,42+/m1/s1. The van der Waals surface area contributed by atoms with Crippen molar-refractivity contribution in [3.05, 3.63) is 27.7 Å². The van der Waals surface area contributed by atoms with E-state index in [9.17, 15) is 9.59 Å². The second-order valence-corrected chi connectivity index (χ2v) is 18.0. The van der Waals surface area contributed by atoms with Gasteiger partial charge in [0.2, 0.25) is 0 Å². The predicted molar refractivity (Wildman–Crippen MR) is 206 cm³/mol. The van der Waals surface area contributed by atoms with Crippen LogP contribution in [0.5, 0.6) is 0 Å². The monoisotopic (exact) mass is 788 g/mol. The highest BCUT2D eigenvalue weighted by molar-refractivity contribution is 7.09. The van der Waals surface area contributed by atoms with Crippen molar-refractivity contribution in [3.63, 3.8) is 0 Å². The van der Waals surface area contributed by atoms with Gasteiger partial charge in [-0.3, -0.25) is 9.59 Å². The maximum absolute atomic E-state index is 14.9. The molecule has 1 aromatic rings. The number of ketones is 1. The minimum Gasteiger partial charge on any atom is -0.462 e. The first-order valence-electron chi connectivity index (χ1n) is 20.7. The van der Waals surface area contributed by atoms with Crippen molar-refractivity contribution < 1.29 is 47.5 Å². The number of carbonyl (C=O) groups is 2. The number of fused-ring (bicyclic) bond motifs is 8. The van der Waals surface area contributed by atoms with Gasteiger partial charge < -0.3 is 42.8 Å². The van der Waals surface area contributed by atoms with Crippen molar-refractivity contribution in [1.82, 2.24) is 9.88 Å². The van der Waals surface area contributed by atoms with Gasteiger partial charge in [-0.1, -0.05) is 19.9 Å². The molecule has 3 saturated heterocycles. The number of Topliss-reactive ketones (excluding diaryl/α,β-unsaturated/α-hetero) is 1. The SMILES string of the molecule is CC[C@H]1CCC[C@H](O[C@H]2CC[C@H](N(C)C)C(C)O2)[C@@H](C)C(=O)C2=C[C@H]3[C@@H]4C[C@H](O[C@@H]5OC(C)[C@H](OC)C(OC)[C@@H]5OC)C[C@H]4c4scnc4[C@H]3[C@@H]2CC(=O)O1. The summed E-state index contributed by atoms with van der Waals surface area (Å²) in [4.78, 5) is 37.1. The summed E-state index contributed by atoms with van der Waals surface area (Å²) in [6.07, 6.45) is 5.77. The van der Waals surface area contributed by atoms with Crippen molar-refractivity contribution in [2.75, 3.05) is 35.4 Å². The molecule has 4 fully saturated rings. The van der Waals surface area contributed by atoms with Crippen LogP contribution in [0.1, 0.15) is 108 Å². The molecule has 0 spiro atoms. The van der Waals surface area contributed by atoms with Crippen LogP contribution in [0.4, 0.5) is 0 Å². The van der Waals surface area contributed by atoms with Crippen molar-refractivity contribution >= 4 is 23.1 Å². The molecule has 1 saturated carbocycles. The molecule has 0 radical (unpaired) electrons. The number of ether oxygens (including phenoxy) is 8. The van der Waals surface area contributed by atoms with E-state index in [0.717, 1.165) is 56.2 Å². The zero-order chi connectivity index (χ0) is 39.1. The molecule has 0 aromatic carbocycles. The molecule has 17 atom stereocenters. The Morgan fingerprint density at radius 1 is 0.891 bits per heavy atom. The summed E-state index contributed by atoms with van der Waals surface area (Å²) in [6, 6.07) is 0.327. The Bertz CT molecular complexity index is 1520. The molecule has 3 aliphatic carbocycles. The maximum atomic E-state index is 14.9. The number of esters is 1. The number of hydrogen-bond acceptors (Lipinski definition) is 13. The largest absolute Gasteiger partial charge is 0.462 e. The van der Waals surface area contributed by atoms with E-state index in [1.54, 1.807) is 32.7 Å². The second-order valence-electron chi connectivity index (χ2n) is 17.1. The van der Waals surface area contributed by atoms with E-state index in [1.807, 2.05) is 19.4 Å². The zero-order valence-electron chi connectivity index (χ0n) is 34.2. The molecule has 55 heavy (non-hydrogen) atoms. The fourth-order valence-electron chi connectivity index (χ4n) is 11.0. The van der Waals surface area contributed by atoms with Crippen molar-refractivity contribution in [3.8, 4) is 0 Å². The number of cyclic esters (lactones) is 1. The normalized spacial score (nSPS) is 43.7. The second kappa shape index (κ2) is 17.6. The highest BCUT2D eigenvalue weighted by atomic mass is 32.1. The molecule has 6 aliphatic rings. The number of allylic oxidation sites excluding steroid dienone is 2. The first kappa shape index (κ1) is 41.4. The molecule has 7 rings (SSSR count). The van der Waals surface area contributed by atoms with Crippen LogP contribution in [0.25, 0.3) is 0 Å². The third-order valence-corrected chi connectivity index (χ3v) is 14.8. The summed E-state index contributed by atoms with van der Waals surface area (Å²) in [5, 5.41) is 0. The van der Waals surface area contributed by atoms with Gasteiger partial charge in [0.15, 0.2) is 18.4 Å². The third-order valence-electron chi connectivity index (χ3n) is 13.8. The number of methoxy groups -OCH3 is 3. The summed E-state index contributed by atoms with van der Waals surface area (Å²) >= 11 is 1.68. The summed E-state index contributed by atoms with van der Waals surface area (Å²) in [5.41, 5.74) is 3.68. The van der Waals surface area contributed by atoms with E-state index >= 15 is 0 Å². The highest BCUT2D eigenvalue weighted by Gasteiger charge is 2.56. The van der Waals surface area contributed by atoms with Crippen LogP contribution in [0.3, 0.4) is 0 Å². The van der Waals surface area contributed by atoms with Crippen LogP contribution >= 0.6 is 11.3 Å². The van der Waals surface area contributed by atoms with E-state index in [-0.39, 0.29) is 96.8 Å². The summed E-state index contributed by atoms with van der Waals surface area (Å²) in [7, 11) is 9.15. The summed E-state index contributed by atoms with van der Waals surface area (Å²) in [6.45, 7) is 8.16. The molecule has 12 nitrogen and oxygen atoms in total. The number of likely N-dealkylation sites (N-methyl/N-ethyl adjacent to an activating group) is 1. The van der Waals surface area contributed by atoms with Crippen LogP contribution in [-0.4, -0.2) is 125 Å². The van der Waals surface area contributed by atoms with Crippen LogP contribution in [0.15, 0.2) is 17.2 Å². The van der Waals surface area contributed by atoms with Gasteiger partial charge in [-0.25, -0.2) is 4.98 Å². The number of hydrogen-bond donors (Lipinski definition) is 0. The molecule has 0 amide bonds. The number of carbonyl (C=O) groups excluding carboxylic acids is 2. The van der Waals surface area contributed by atoms with Crippen LogP contribution in [0.2, 0.25) is 0 Å². The van der Waals surface area contributed by atoms with Gasteiger partial charge in [-0.05, 0) is 96.7 Å². The van der Waals surface area contributed by atoms with Gasteiger partial charge >= 0.3 is 5.97 Å². The Morgan fingerprint density at radius 2 is 1.65 bits per heavy atom. The zero-order valence-corrected chi connectivity index (χ0v) is 35.0. The molecule has 4 heterocycles. The smallest absolute Gasteiger partial charge is 0.306 e. The Labute approximate surface area is 331 Å². The minimum atomic E-state index is -0.624. The predicted octanol–water partition coefficient (Wildman–Crippen LogP) is 6.02. The van der Waals surface area contributed by atoms with Crippen molar-refractivity contribution in [2.45, 2.75) is 165 Å². The highest BCUT2D eigenvalue weighted by Crippen LogP contribution is 2.62. The van der Waals surface area contributed by atoms with E-state index in [2.05, 4.69) is 38.9 Å². The molecule has 308 valence electrons. The maximum Gasteiger partial charge on any atom is 0.306 e. The molecule has 3 unspecified atom stereocenters. The van der Waals surface area contributed by atoms with Crippen LogP contribution in [-0.2, 0) is 47.5 Å². The quantitative estimate of drug-likeness (QED) is 0.272. The molecule has 0 bridgehead atoms. The Morgan fingerprint density at radius 3 is 2.35 bits per heavy atom. The Kier molecular flexibility index (Phi) is 13.2. The summed E-state index contributed by atoms with van der Waals surface area (Å²) in [5.74, 6) is -0.537. The van der Waals surface area contributed by atoms with Crippen molar-refractivity contribution in [2.24, 2.45) is 23.7 Å². The van der Waals surface area contributed by atoms with Gasteiger partial charge in [-0.2, -0.15) is 0 Å². The number of thiazole rings is 1. The lowest BCUT2D eigenvalue weighted by atomic mass is 9.67. The van der Waals surface area contributed by atoms with Gasteiger partial charge in [0.1, 0.15) is 24.4 Å². The van der Waals surface area contributed by atoms with Gasteiger partial charge in [0.25, 0.3) is 0 Å². The molecule has 3 aliphatic heterocycles. The number of nitrogens with zero attached hydrogens (tertiary/aromatic N) is 2. The average Bonchev–Trinajstić information content (AvgIpc) is 3.90. The fourth-order valence-corrected chi connectivity index (χ4v) is 12.0. The van der Waals surface area contributed by atoms with Gasteiger partial charge in [-0.15, -0.1) is 11.3 Å².